The molecule has 0 aliphatic heterocycles. The van der Waals surface area contributed by atoms with Gasteiger partial charge in [0, 0.05) is 0 Å². The second-order valence-corrected chi connectivity index (χ2v) is 3.72. The summed E-state index contributed by atoms with van der Waals surface area (Å²) >= 11 is 0. The molecule has 0 heterocycles. The van der Waals surface area contributed by atoms with E-state index in [1.165, 1.54) is 12.1 Å². The number of methoxy groups -OCH3 is 1. The Morgan fingerprint density at radius 1 is 1.17 bits per heavy atom. The van der Waals surface area contributed by atoms with Crippen molar-refractivity contribution in [2.45, 2.75) is 0 Å². The summed E-state index contributed by atoms with van der Waals surface area (Å²) in [6.07, 6.45) is 0. The smallest absolute Gasteiger partial charge is 0.336 e. The number of ether oxygens (including phenoxy) is 1. The van der Waals surface area contributed by atoms with Gasteiger partial charge in [0.2, 0.25) is 0 Å². The minimum absolute atomic E-state index is 0.0554. The van der Waals surface area contributed by atoms with Gasteiger partial charge in [0.1, 0.15) is 11.6 Å². The molecule has 0 spiro atoms. The van der Waals surface area contributed by atoms with E-state index in [4.69, 9.17) is 9.84 Å². The van der Waals surface area contributed by atoms with Crippen LogP contribution in [0.3, 0.4) is 0 Å². The lowest BCUT2D eigenvalue weighted by molar-refractivity contribution is 0.0697. The normalized spacial score (nSPS) is 10.1. The van der Waals surface area contributed by atoms with Gasteiger partial charge in [-0.15, -0.1) is 0 Å². The first-order chi connectivity index (χ1) is 8.61. The zero-order valence-corrected chi connectivity index (χ0v) is 9.68. The van der Waals surface area contributed by atoms with Gasteiger partial charge in [-0.1, -0.05) is 18.2 Å². The van der Waals surface area contributed by atoms with Crippen LogP contribution in [-0.2, 0) is 0 Å². The SMILES string of the molecule is COc1ccc(-c2ccc(F)cc2C(=O)O)cc1. The van der Waals surface area contributed by atoms with Crippen LogP contribution in [0.1, 0.15) is 10.4 Å². The molecule has 0 atom stereocenters. The van der Waals surface area contributed by atoms with Crippen molar-refractivity contribution in [2.24, 2.45) is 0 Å². The topological polar surface area (TPSA) is 46.5 Å². The zero-order valence-electron chi connectivity index (χ0n) is 9.68. The summed E-state index contributed by atoms with van der Waals surface area (Å²) in [6.45, 7) is 0. The first kappa shape index (κ1) is 12.1. The minimum atomic E-state index is -1.15. The van der Waals surface area contributed by atoms with Crippen molar-refractivity contribution in [1.29, 1.82) is 0 Å². The predicted octanol–water partition coefficient (Wildman–Crippen LogP) is 3.20. The van der Waals surface area contributed by atoms with Gasteiger partial charge in [0.15, 0.2) is 0 Å². The standard InChI is InChI=1S/C14H11FO3/c1-18-11-5-2-9(3-6-11)12-7-4-10(15)8-13(12)14(16)17/h2-8H,1H3,(H,16,17). The molecular formula is C14H11FO3. The maximum absolute atomic E-state index is 13.1. The number of carboxylic acids is 1. The van der Waals surface area contributed by atoms with Gasteiger partial charge >= 0.3 is 5.97 Å². The summed E-state index contributed by atoms with van der Waals surface area (Å²) in [7, 11) is 1.55. The highest BCUT2D eigenvalue weighted by Gasteiger charge is 2.12. The zero-order chi connectivity index (χ0) is 13.1. The first-order valence-corrected chi connectivity index (χ1v) is 5.29. The molecule has 1 N–H and O–H groups in total. The number of carboxylic acid groups (broad SMARTS) is 1. The van der Waals surface area contributed by atoms with E-state index >= 15 is 0 Å². The average Bonchev–Trinajstić information content (AvgIpc) is 2.39. The van der Waals surface area contributed by atoms with Crippen LogP contribution in [0, 0.1) is 5.82 Å². The van der Waals surface area contributed by atoms with Gasteiger partial charge in [0.25, 0.3) is 0 Å². The minimum Gasteiger partial charge on any atom is -0.497 e. The quantitative estimate of drug-likeness (QED) is 0.904. The van der Waals surface area contributed by atoms with Crippen LogP contribution in [-0.4, -0.2) is 18.2 Å². The number of benzene rings is 2. The number of rotatable bonds is 3. The first-order valence-electron chi connectivity index (χ1n) is 5.29. The highest BCUT2D eigenvalue weighted by molar-refractivity contribution is 5.96. The van der Waals surface area contributed by atoms with Crippen LogP contribution in [0.2, 0.25) is 0 Å². The van der Waals surface area contributed by atoms with E-state index in [0.29, 0.717) is 16.9 Å². The molecule has 18 heavy (non-hydrogen) atoms. The van der Waals surface area contributed by atoms with Crippen LogP contribution in [0.25, 0.3) is 11.1 Å². The van der Waals surface area contributed by atoms with E-state index < -0.39 is 11.8 Å². The molecular weight excluding hydrogens is 235 g/mol. The predicted molar refractivity (Wildman–Crippen MR) is 65.3 cm³/mol. The summed E-state index contributed by atoms with van der Waals surface area (Å²) in [5, 5.41) is 9.06. The van der Waals surface area contributed by atoms with E-state index in [0.717, 1.165) is 6.07 Å². The fourth-order valence-corrected chi connectivity index (χ4v) is 1.72. The fourth-order valence-electron chi connectivity index (χ4n) is 1.72. The molecule has 0 amide bonds. The van der Waals surface area contributed by atoms with E-state index in [1.807, 2.05) is 0 Å². The van der Waals surface area contributed by atoms with Gasteiger partial charge in [-0.2, -0.15) is 0 Å². The van der Waals surface area contributed by atoms with Crippen molar-refractivity contribution in [2.75, 3.05) is 7.11 Å². The van der Waals surface area contributed by atoms with Gasteiger partial charge in [-0.3, -0.25) is 0 Å². The number of halogens is 1. The van der Waals surface area contributed by atoms with Crippen LogP contribution in [0.5, 0.6) is 5.75 Å². The second kappa shape index (κ2) is 4.87. The van der Waals surface area contributed by atoms with Crippen LogP contribution in [0.4, 0.5) is 4.39 Å². The number of hydrogen-bond acceptors (Lipinski definition) is 2. The molecule has 2 aromatic carbocycles. The summed E-state index contributed by atoms with van der Waals surface area (Å²) in [4.78, 5) is 11.1. The summed E-state index contributed by atoms with van der Waals surface area (Å²) in [6, 6.07) is 10.6. The van der Waals surface area contributed by atoms with Gasteiger partial charge < -0.3 is 9.84 Å². The molecule has 0 aliphatic rings. The number of carbonyl (C=O) groups is 1. The van der Waals surface area contributed by atoms with Crippen molar-refractivity contribution in [3.63, 3.8) is 0 Å². The van der Waals surface area contributed by atoms with Crippen LogP contribution >= 0.6 is 0 Å². The molecule has 2 aromatic rings. The molecule has 0 fully saturated rings. The molecule has 0 saturated heterocycles. The average molecular weight is 246 g/mol. The summed E-state index contributed by atoms with van der Waals surface area (Å²) in [5.41, 5.74) is 1.12. The lowest BCUT2D eigenvalue weighted by Gasteiger charge is -2.07. The Bertz CT molecular complexity index is 576. The van der Waals surface area contributed by atoms with Gasteiger partial charge in [-0.05, 0) is 35.4 Å². The molecule has 92 valence electrons. The van der Waals surface area contributed by atoms with Crippen molar-refractivity contribution < 1.29 is 19.0 Å². The molecule has 0 radical (unpaired) electrons. The molecule has 0 aliphatic carbocycles. The summed E-state index contributed by atoms with van der Waals surface area (Å²) in [5.74, 6) is -1.04. The Kier molecular flexibility index (Phi) is 3.28. The fraction of sp³-hybridized carbons (Fsp3) is 0.0714. The highest BCUT2D eigenvalue weighted by atomic mass is 19.1. The Hall–Kier alpha value is -2.36. The second-order valence-electron chi connectivity index (χ2n) is 3.72. The Balaban J connectivity index is 2.52. The maximum atomic E-state index is 13.1. The van der Waals surface area contributed by atoms with Gasteiger partial charge in [-0.25, -0.2) is 9.18 Å². The Morgan fingerprint density at radius 3 is 2.39 bits per heavy atom. The molecule has 0 unspecified atom stereocenters. The molecule has 3 nitrogen and oxygen atoms in total. The van der Waals surface area contributed by atoms with Gasteiger partial charge in [0.05, 0.1) is 12.7 Å². The van der Waals surface area contributed by atoms with Crippen molar-refractivity contribution in [3.8, 4) is 16.9 Å². The molecule has 0 aromatic heterocycles. The third-order valence-electron chi connectivity index (χ3n) is 2.61. The van der Waals surface area contributed by atoms with E-state index in [9.17, 15) is 9.18 Å². The van der Waals surface area contributed by atoms with Crippen molar-refractivity contribution in [3.05, 3.63) is 53.8 Å². The van der Waals surface area contributed by atoms with E-state index in [1.54, 1.807) is 31.4 Å². The molecule has 0 saturated carbocycles. The largest absolute Gasteiger partial charge is 0.497 e. The van der Waals surface area contributed by atoms with Crippen LogP contribution in [0.15, 0.2) is 42.5 Å². The maximum Gasteiger partial charge on any atom is 0.336 e. The Labute approximate surface area is 103 Å². The van der Waals surface area contributed by atoms with E-state index in [2.05, 4.69) is 0 Å². The molecule has 2 rings (SSSR count). The third kappa shape index (κ3) is 2.32. The van der Waals surface area contributed by atoms with Crippen molar-refractivity contribution in [1.82, 2.24) is 0 Å². The van der Waals surface area contributed by atoms with Crippen LogP contribution < -0.4 is 4.74 Å². The Morgan fingerprint density at radius 2 is 1.83 bits per heavy atom. The lowest BCUT2D eigenvalue weighted by Crippen LogP contribution is -2.00. The monoisotopic (exact) mass is 246 g/mol. The lowest BCUT2D eigenvalue weighted by atomic mass is 9.99. The van der Waals surface area contributed by atoms with E-state index in [-0.39, 0.29) is 5.56 Å². The summed E-state index contributed by atoms with van der Waals surface area (Å²) < 4.78 is 18.1. The highest BCUT2D eigenvalue weighted by Crippen LogP contribution is 2.26. The third-order valence-corrected chi connectivity index (χ3v) is 2.61. The number of aromatic carboxylic acids is 1. The molecule has 4 heteroatoms. The number of hydrogen-bond donors (Lipinski definition) is 1. The molecule has 0 bridgehead atoms. The van der Waals surface area contributed by atoms with Crippen molar-refractivity contribution >= 4 is 5.97 Å².